The van der Waals surface area contributed by atoms with Gasteiger partial charge in [0.15, 0.2) is 0 Å². The van der Waals surface area contributed by atoms with E-state index < -0.39 is 35.5 Å². The lowest BCUT2D eigenvalue weighted by atomic mass is 10.1. The number of alkyl halides is 3. The Labute approximate surface area is 226 Å². The maximum absolute atomic E-state index is 13.0. The highest BCUT2D eigenvalue weighted by atomic mass is 79.9. The van der Waals surface area contributed by atoms with E-state index in [1.165, 1.54) is 12.1 Å². The highest BCUT2D eigenvalue weighted by Crippen LogP contribution is 2.35. The molecule has 2 aromatic heterocycles. The van der Waals surface area contributed by atoms with E-state index in [4.69, 9.17) is 9.47 Å². The third kappa shape index (κ3) is 7.36. The predicted octanol–water partition coefficient (Wildman–Crippen LogP) is 6.97. The van der Waals surface area contributed by atoms with Gasteiger partial charge < -0.3 is 18.8 Å². The normalized spacial score (nSPS) is 12.4. The third-order valence-electron chi connectivity index (χ3n) is 4.77. The Bertz CT molecular complexity index is 1310. The van der Waals surface area contributed by atoms with Crippen molar-refractivity contribution in [3.05, 3.63) is 40.8 Å². The first-order valence-corrected chi connectivity index (χ1v) is 12.2. The molecule has 0 aliphatic carbocycles. The minimum atomic E-state index is -4.83. The van der Waals surface area contributed by atoms with Gasteiger partial charge in [-0.15, -0.1) is 13.2 Å². The summed E-state index contributed by atoms with van der Waals surface area (Å²) in [7, 11) is 1.74. The summed E-state index contributed by atoms with van der Waals surface area (Å²) in [5.41, 5.74) is 0.300. The lowest BCUT2D eigenvalue weighted by Gasteiger charge is -2.28. The number of benzene rings is 1. The van der Waals surface area contributed by atoms with Crippen molar-refractivity contribution in [3.63, 3.8) is 0 Å². The van der Waals surface area contributed by atoms with Crippen molar-refractivity contribution >= 4 is 39.1 Å². The Hall–Kier alpha value is -3.35. The van der Waals surface area contributed by atoms with E-state index in [9.17, 15) is 22.8 Å². The van der Waals surface area contributed by atoms with Crippen molar-refractivity contribution in [1.82, 2.24) is 19.4 Å². The van der Waals surface area contributed by atoms with Crippen LogP contribution in [0.15, 0.2) is 35.1 Å². The lowest BCUT2D eigenvalue weighted by Crippen LogP contribution is -2.43. The van der Waals surface area contributed by atoms with Crippen LogP contribution in [0.1, 0.15) is 47.2 Å². The number of carbonyl (C=O) groups excluding carboxylic acids is 2. The van der Waals surface area contributed by atoms with Gasteiger partial charge in [-0.25, -0.2) is 24.5 Å². The molecule has 0 radical (unpaired) electrons. The summed E-state index contributed by atoms with van der Waals surface area (Å²) in [6.07, 6.45) is -5.14. The van der Waals surface area contributed by atoms with E-state index in [0.717, 1.165) is 17.0 Å². The van der Waals surface area contributed by atoms with Crippen LogP contribution in [0, 0.1) is 0 Å². The Morgan fingerprint density at radius 1 is 0.974 bits per heavy atom. The summed E-state index contributed by atoms with van der Waals surface area (Å²) in [5, 5.41) is 0. The molecule has 0 aliphatic heterocycles. The second kappa shape index (κ2) is 10.4. The molecule has 0 N–H and O–H groups in total. The average Bonchev–Trinajstić information content (AvgIpc) is 3.12. The van der Waals surface area contributed by atoms with E-state index >= 15 is 0 Å². The van der Waals surface area contributed by atoms with Gasteiger partial charge >= 0.3 is 18.5 Å². The van der Waals surface area contributed by atoms with E-state index in [1.54, 1.807) is 59.5 Å². The minimum absolute atomic E-state index is 0.267. The van der Waals surface area contributed by atoms with E-state index in [-0.39, 0.29) is 12.2 Å². The smallest absolute Gasteiger partial charge is 0.443 e. The first-order valence-electron chi connectivity index (χ1n) is 11.4. The quantitative estimate of drug-likeness (QED) is 0.319. The number of rotatable bonds is 4. The van der Waals surface area contributed by atoms with Crippen molar-refractivity contribution < 1.29 is 37.0 Å². The molecule has 3 aromatic rings. The molecule has 0 unspecified atom stereocenters. The third-order valence-corrected chi connectivity index (χ3v) is 5.60. The molecule has 9 nitrogen and oxygen atoms in total. The fourth-order valence-electron chi connectivity index (χ4n) is 3.34. The highest BCUT2D eigenvalue weighted by Gasteiger charge is 2.33. The number of carbonyl (C=O) groups is 2. The Balaban J connectivity index is 2.10. The van der Waals surface area contributed by atoms with Crippen molar-refractivity contribution in [2.45, 2.75) is 65.7 Å². The van der Waals surface area contributed by atoms with Gasteiger partial charge in [0.05, 0.1) is 34.2 Å². The zero-order valence-corrected chi connectivity index (χ0v) is 23.5. The Kier molecular flexibility index (Phi) is 8.02. The van der Waals surface area contributed by atoms with Crippen molar-refractivity contribution in [2.24, 2.45) is 7.05 Å². The van der Waals surface area contributed by atoms with Gasteiger partial charge in [0.25, 0.3) is 0 Å². The number of amides is 2. The average molecular weight is 601 g/mol. The predicted molar refractivity (Wildman–Crippen MR) is 136 cm³/mol. The van der Waals surface area contributed by atoms with Crippen LogP contribution in [0.5, 0.6) is 5.75 Å². The molecule has 0 spiro atoms. The van der Waals surface area contributed by atoms with Crippen LogP contribution < -0.4 is 4.74 Å². The van der Waals surface area contributed by atoms with Crippen LogP contribution in [-0.2, 0) is 23.1 Å². The molecule has 0 saturated heterocycles. The number of aromatic nitrogens is 3. The van der Waals surface area contributed by atoms with E-state index in [2.05, 4.69) is 30.6 Å². The maximum Gasteiger partial charge on any atom is 0.573 e. The number of hydrogen-bond donors (Lipinski definition) is 0. The summed E-state index contributed by atoms with van der Waals surface area (Å²) < 4.78 is 54.8. The molecule has 2 amide bonds. The summed E-state index contributed by atoms with van der Waals surface area (Å²) in [6.45, 7) is 9.66. The molecule has 0 fully saturated rings. The fraction of sp³-hybridized carbons (Fsp3) is 0.440. The van der Waals surface area contributed by atoms with Gasteiger partial charge in [-0.3, -0.25) is 0 Å². The molecular formula is C25H28BrF3N4O5. The molecule has 0 aliphatic rings. The molecule has 206 valence electrons. The van der Waals surface area contributed by atoms with Gasteiger partial charge in [-0.1, -0.05) is 0 Å². The van der Waals surface area contributed by atoms with Crippen LogP contribution in [-0.4, -0.2) is 49.2 Å². The fourth-order valence-corrected chi connectivity index (χ4v) is 4.03. The molecule has 2 heterocycles. The summed E-state index contributed by atoms with van der Waals surface area (Å²) in [6, 6.07) is 5.15. The van der Waals surface area contributed by atoms with Gasteiger partial charge in [-0.2, -0.15) is 0 Å². The topological polar surface area (TPSA) is 95.8 Å². The minimum Gasteiger partial charge on any atom is -0.443 e. The first kappa shape index (κ1) is 29.2. The largest absolute Gasteiger partial charge is 0.573 e. The van der Waals surface area contributed by atoms with Gasteiger partial charge in [-0.05, 0) is 81.7 Å². The zero-order valence-electron chi connectivity index (χ0n) is 21.9. The molecular weight excluding hydrogens is 573 g/mol. The highest BCUT2D eigenvalue weighted by molar-refractivity contribution is 9.10. The number of nitrogens with zero attached hydrogens (tertiary/aromatic N) is 4. The van der Waals surface area contributed by atoms with Crippen LogP contribution in [0.4, 0.5) is 22.8 Å². The number of imidazole rings is 1. The number of pyridine rings is 1. The molecule has 0 bridgehead atoms. The number of aryl methyl sites for hydroxylation is 1. The SMILES string of the molecule is Cn1cnc2c(-c3ccc(OC(F)(F)F)cc3)nc(CN(C(=O)OC(C)(C)C)C(=O)OC(C)(C)C)c(Br)c21. The molecule has 0 saturated carbocycles. The maximum atomic E-state index is 13.0. The second-order valence-electron chi connectivity index (χ2n) is 10.4. The van der Waals surface area contributed by atoms with Crippen LogP contribution in [0.3, 0.4) is 0 Å². The van der Waals surface area contributed by atoms with E-state index in [0.29, 0.717) is 26.8 Å². The number of halogens is 4. The summed E-state index contributed by atoms with van der Waals surface area (Å²) >= 11 is 3.51. The van der Waals surface area contributed by atoms with Gasteiger partial charge in [0, 0.05) is 12.6 Å². The standard InChI is InChI=1S/C25H28BrF3N4O5/c1-23(2,3)37-21(34)33(22(35)38-24(4,5)6)12-16-17(26)20-19(30-13-32(20)7)18(31-16)14-8-10-15(11-9-14)36-25(27,28)29/h8-11,13H,12H2,1-7H3. The monoisotopic (exact) mass is 600 g/mol. The van der Waals surface area contributed by atoms with E-state index in [1.807, 2.05) is 0 Å². The lowest BCUT2D eigenvalue weighted by molar-refractivity contribution is -0.274. The number of imide groups is 1. The number of fused-ring (bicyclic) bond motifs is 1. The van der Waals surface area contributed by atoms with Crippen molar-refractivity contribution in [2.75, 3.05) is 0 Å². The van der Waals surface area contributed by atoms with Crippen LogP contribution in [0.25, 0.3) is 22.3 Å². The van der Waals surface area contributed by atoms with Gasteiger partial charge in [0.2, 0.25) is 0 Å². The Morgan fingerprint density at radius 3 is 1.97 bits per heavy atom. The molecule has 1 aromatic carbocycles. The first-order chi connectivity index (χ1) is 17.3. The zero-order chi connectivity index (χ0) is 28.6. The molecule has 0 atom stereocenters. The molecule has 13 heteroatoms. The Morgan fingerprint density at radius 2 is 1.50 bits per heavy atom. The molecule has 3 rings (SSSR count). The number of hydrogen-bond acceptors (Lipinski definition) is 7. The van der Waals surface area contributed by atoms with Crippen molar-refractivity contribution in [1.29, 1.82) is 0 Å². The van der Waals surface area contributed by atoms with Crippen LogP contribution >= 0.6 is 15.9 Å². The second-order valence-corrected chi connectivity index (χ2v) is 11.2. The van der Waals surface area contributed by atoms with Crippen LogP contribution in [0.2, 0.25) is 0 Å². The summed E-state index contributed by atoms with van der Waals surface area (Å²) in [4.78, 5) is 35.9. The molecule has 38 heavy (non-hydrogen) atoms. The van der Waals surface area contributed by atoms with Gasteiger partial charge in [0.1, 0.15) is 22.5 Å². The summed E-state index contributed by atoms with van der Waals surface area (Å²) in [5.74, 6) is -0.392. The van der Waals surface area contributed by atoms with Crippen molar-refractivity contribution in [3.8, 4) is 17.0 Å². The number of ether oxygens (including phenoxy) is 3.